The first-order chi connectivity index (χ1) is 14.9. The van der Waals surface area contributed by atoms with Gasteiger partial charge in [-0.2, -0.15) is 5.26 Å². The van der Waals surface area contributed by atoms with Crippen molar-refractivity contribution in [2.75, 3.05) is 18.2 Å². The van der Waals surface area contributed by atoms with E-state index in [9.17, 15) is 20.0 Å². The smallest absolute Gasteiger partial charge is 0.306 e. The lowest BCUT2D eigenvalue weighted by molar-refractivity contribution is -0.147. The average molecular weight is 422 g/mol. The second-order valence-electron chi connectivity index (χ2n) is 7.91. The molecule has 31 heavy (non-hydrogen) atoms. The van der Waals surface area contributed by atoms with E-state index in [1.54, 1.807) is 41.3 Å². The molecular formula is C23H22N2O6. The highest BCUT2D eigenvalue weighted by Crippen LogP contribution is 2.46. The normalized spacial score (nSPS) is 19.7. The maximum Gasteiger partial charge on any atom is 0.306 e. The first kappa shape index (κ1) is 20.7. The van der Waals surface area contributed by atoms with Crippen LogP contribution in [0.25, 0.3) is 0 Å². The van der Waals surface area contributed by atoms with Gasteiger partial charge in [0.2, 0.25) is 6.79 Å². The Hall–Kier alpha value is -3.57. The molecule has 1 N–H and O–H groups in total. The number of benzene rings is 2. The van der Waals surface area contributed by atoms with E-state index in [1.807, 2.05) is 13.8 Å². The van der Waals surface area contributed by atoms with Crippen molar-refractivity contribution in [3.05, 3.63) is 53.1 Å². The molecule has 1 amide bonds. The molecule has 8 nitrogen and oxygen atoms in total. The van der Waals surface area contributed by atoms with Gasteiger partial charge in [0.25, 0.3) is 5.91 Å². The van der Waals surface area contributed by atoms with Crippen molar-refractivity contribution < 1.29 is 28.9 Å². The van der Waals surface area contributed by atoms with Gasteiger partial charge in [0.05, 0.1) is 18.1 Å². The van der Waals surface area contributed by atoms with Crippen molar-refractivity contribution in [3.63, 3.8) is 0 Å². The van der Waals surface area contributed by atoms with E-state index < -0.39 is 30.5 Å². The molecule has 2 aliphatic rings. The number of carbonyl (C=O) groups is 2. The minimum absolute atomic E-state index is 0.0567. The second kappa shape index (κ2) is 8.28. The lowest BCUT2D eigenvalue weighted by atomic mass is 9.96. The van der Waals surface area contributed by atoms with Crippen LogP contribution in [0.1, 0.15) is 43.1 Å². The summed E-state index contributed by atoms with van der Waals surface area (Å²) in [6.07, 6.45) is -2.49. The predicted molar refractivity (Wildman–Crippen MR) is 110 cm³/mol. The Bertz CT molecular complexity index is 1070. The Morgan fingerprint density at radius 2 is 2.06 bits per heavy atom. The molecule has 160 valence electrons. The molecule has 0 aliphatic carbocycles. The van der Waals surface area contributed by atoms with Gasteiger partial charge in [0.15, 0.2) is 11.5 Å². The summed E-state index contributed by atoms with van der Waals surface area (Å²) in [7, 11) is 0. The minimum Gasteiger partial charge on any atom is -0.481 e. The third-order valence-corrected chi connectivity index (χ3v) is 5.19. The summed E-state index contributed by atoms with van der Waals surface area (Å²) in [4.78, 5) is 26.4. The molecule has 2 aromatic carbocycles. The van der Waals surface area contributed by atoms with E-state index in [0.717, 1.165) is 0 Å². The largest absolute Gasteiger partial charge is 0.481 e. The summed E-state index contributed by atoms with van der Waals surface area (Å²) in [5.74, 6) is -0.396. The van der Waals surface area contributed by atoms with Crippen molar-refractivity contribution in [1.29, 1.82) is 5.26 Å². The number of para-hydroxylation sites is 1. The van der Waals surface area contributed by atoms with Gasteiger partial charge in [-0.15, -0.1) is 0 Å². The first-order valence-corrected chi connectivity index (χ1v) is 10.00. The maximum atomic E-state index is 13.4. The topological polar surface area (TPSA) is 109 Å². The van der Waals surface area contributed by atoms with Crippen LogP contribution in [0, 0.1) is 17.2 Å². The second-order valence-corrected chi connectivity index (χ2v) is 7.91. The highest BCUT2D eigenvalue weighted by molar-refractivity contribution is 5.99. The van der Waals surface area contributed by atoms with Gasteiger partial charge in [-0.05, 0) is 30.2 Å². The molecule has 2 atom stereocenters. The molecule has 0 aromatic heterocycles. The summed E-state index contributed by atoms with van der Waals surface area (Å²) in [5.41, 5.74) is 2.21. The van der Waals surface area contributed by atoms with E-state index >= 15 is 0 Å². The number of nitrogens with zero attached hydrogens (tertiary/aromatic N) is 2. The van der Waals surface area contributed by atoms with E-state index in [0.29, 0.717) is 40.4 Å². The molecule has 2 heterocycles. The highest BCUT2D eigenvalue weighted by atomic mass is 16.7. The van der Waals surface area contributed by atoms with Crippen LogP contribution < -0.4 is 14.4 Å². The van der Waals surface area contributed by atoms with E-state index in [4.69, 9.17) is 14.2 Å². The number of hydrogen-bond donors (Lipinski definition) is 1. The van der Waals surface area contributed by atoms with Crippen LogP contribution in [0.15, 0.2) is 36.4 Å². The number of carboxylic acid groups (broad SMARTS) is 1. The number of aliphatic carboxylic acids is 1. The lowest BCUT2D eigenvalue weighted by Crippen LogP contribution is -2.42. The molecular weight excluding hydrogens is 400 g/mol. The zero-order valence-corrected chi connectivity index (χ0v) is 17.2. The van der Waals surface area contributed by atoms with Crippen molar-refractivity contribution >= 4 is 17.6 Å². The molecule has 0 spiro atoms. The lowest BCUT2D eigenvalue weighted by Gasteiger charge is -2.26. The molecule has 0 saturated heterocycles. The van der Waals surface area contributed by atoms with Gasteiger partial charge in [-0.25, -0.2) is 0 Å². The summed E-state index contributed by atoms with van der Waals surface area (Å²) < 4.78 is 17.3. The summed E-state index contributed by atoms with van der Waals surface area (Å²) in [6.45, 7) is 4.39. The monoisotopic (exact) mass is 422 g/mol. The fraction of sp³-hybridized carbons (Fsp3) is 0.348. The highest BCUT2D eigenvalue weighted by Gasteiger charge is 2.39. The molecule has 8 heteroatoms. The van der Waals surface area contributed by atoms with Crippen LogP contribution in [0.3, 0.4) is 0 Å². The fourth-order valence-electron chi connectivity index (χ4n) is 3.92. The number of nitriles is 1. The standard InChI is InChI=1S/C23H22N2O6/c1-13(2)11-25-17-7-6-14(10-24)8-16(17)21(31-19(23(25)28)9-20(26)27)15-4-3-5-18-22(15)30-12-29-18/h3-8,13,19,21H,9,11-12H2,1-2H3,(H,26,27). The van der Waals surface area contributed by atoms with Crippen molar-refractivity contribution in [2.24, 2.45) is 5.92 Å². The van der Waals surface area contributed by atoms with Crippen LogP contribution in [0.4, 0.5) is 5.69 Å². The number of hydrogen-bond acceptors (Lipinski definition) is 6. The Labute approximate surface area is 179 Å². The number of amides is 1. The Kier molecular flexibility index (Phi) is 5.53. The first-order valence-electron chi connectivity index (χ1n) is 10.00. The SMILES string of the molecule is CC(C)CN1C(=O)C(CC(=O)O)OC(c2cccc3c2OCO3)c2cc(C#N)ccc21. The molecule has 0 radical (unpaired) electrons. The molecule has 4 rings (SSSR count). The molecule has 0 fully saturated rings. The number of rotatable bonds is 5. The Morgan fingerprint density at radius 3 is 2.77 bits per heavy atom. The van der Waals surface area contributed by atoms with Crippen molar-refractivity contribution in [1.82, 2.24) is 0 Å². The van der Waals surface area contributed by atoms with Gasteiger partial charge >= 0.3 is 5.97 Å². The molecule has 0 saturated carbocycles. The maximum absolute atomic E-state index is 13.4. The average Bonchev–Trinajstić information content (AvgIpc) is 3.19. The molecule has 2 unspecified atom stereocenters. The zero-order valence-electron chi connectivity index (χ0n) is 17.2. The number of carbonyl (C=O) groups excluding carboxylic acids is 1. The minimum atomic E-state index is -1.20. The van der Waals surface area contributed by atoms with Gasteiger partial charge in [-0.3, -0.25) is 9.59 Å². The molecule has 2 aromatic rings. The molecule has 2 aliphatic heterocycles. The van der Waals surface area contributed by atoms with Gasteiger partial charge in [-0.1, -0.05) is 26.0 Å². The zero-order chi connectivity index (χ0) is 22.1. The third-order valence-electron chi connectivity index (χ3n) is 5.19. The number of fused-ring (bicyclic) bond motifs is 2. The van der Waals surface area contributed by atoms with Crippen molar-refractivity contribution in [2.45, 2.75) is 32.5 Å². The third kappa shape index (κ3) is 3.92. The number of carboxylic acids is 1. The van der Waals surface area contributed by atoms with Crippen LogP contribution in [0.2, 0.25) is 0 Å². The van der Waals surface area contributed by atoms with Crippen LogP contribution in [-0.4, -0.2) is 36.4 Å². The number of anilines is 1. The van der Waals surface area contributed by atoms with Crippen LogP contribution >= 0.6 is 0 Å². The van der Waals surface area contributed by atoms with Gasteiger partial charge in [0, 0.05) is 23.4 Å². The van der Waals surface area contributed by atoms with Crippen molar-refractivity contribution in [3.8, 4) is 17.6 Å². The van der Waals surface area contributed by atoms with E-state index in [-0.39, 0.29) is 12.7 Å². The fourth-order valence-corrected chi connectivity index (χ4v) is 3.92. The predicted octanol–water partition coefficient (Wildman–Crippen LogP) is 3.24. The summed E-state index contributed by atoms with van der Waals surface area (Å²) >= 11 is 0. The van der Waals surface area contributed by atoms with Gasteiger partial charge in [0.1, 0.15) is 12.2 Å². The van der Waals surface area contributed by atoms with E-state index in [1.165, 1.54) is 0 Å². The Balaban J connectivity index is 1.92. The van der Waals surface area contributed by atoms with Crippen LogP contribution in [-0.2, 0) is 14.3 Å². The summed E-state index contributed by atoms with van der Waals surface area (Å²) in [6, 6.07) is 12.5. The molecule has 0 bridgehead atoms. The van der Waals surface area contributed by atoms with Gasteiger partial charge < -0.3 is 24.2 Å². The van der Waals surface area contributed by atoms with Crippen LogP contribution in [0.5, 0.6) is 11.5 Å². The Morgan fingerprint density at radius 1 is 1.26 bits per heavy atom. The summed E-state index contributed by atoms with van der Waals surface area (Å²) in [5, 5.41) is 18.9. The van der Waals surface area contributed by atoms with E-state index in [2.05, 4.69) is 6.07 Å². The number of ether oxygens (including phenoxy) is 3. The quantitative estimate of drug-likeness (QED) is 0.788.